The number of Topliss-reactive ketones (excluding diaryl/α,β-unsaturated/α-hetero) is 1. The highest BCUT2D eigenvalue weighted by molar-refractivity contribution is 5.92. The average molecular weight is 300 g/mol. The highest BCUT2D eigenvalue weighted by atomic mass is 16.4. The second-order valence-corrected chi connectivity index (χ2v) is 7.41. The van der Waals surface area contributed by atoms with Gasteiger partial charge in [0.15, 0.2) is 0 Å². The van der Waals surface area contributed by atoms with Crippen LogP contribution in [0.25, 0.3) is 0 Å². The topological polar surface area (TPSA) is 104 Å². The van der Waals surface area contributed by atoms with E-state index in [-0.39, 0.29) is 5.78 Å². The van der Waals surface area contributed by atoms with Crippen LogP contribution >= 0.6 is 0 Å². The number of piperidine rings is 2. The van der Waals surface area contributed by atoms with Crippen molar-refractivity contribution in [2.75, 3.05) is 32.8 Å². The number of aliphatic hydroxyl groups excluding tert-OH is 4. The fourth-order valence-corrected chi connectivity index (χ4v) is 4.57. The van der Waals surface area contributed by atoms with E-state index in [9.17, 15) is 20.1 Å². The molecule has 4 rings (SSSR count). The molecule has 0 aromatic rings. The Morgan fingerprint density at radius 2 is 1.52 bits per heavy atom. The summed E-state index contributed by atoms with van der Waals surface area (Å²) in [7, 11) is 0. The summed E-state index contributed by atoms with van der Waals surface area (Å²) in [4.78, 5) is 16.6. The van der Waals surface area contributed by atoms with Crippen molar-refractivity contribution in [2.45, 2.75) is 38.3 Å². The van der Waals surface area contributed by atoms with Crippen molar-refractivity contribution in [3.05, 3.63) is 0 Å². The maximum atomic E-state index is 12.5. The lowest BCUT2D eigenvalue weighted by Gasteiger charge is -2.65. The van der Waals surface area contributed by atoms with Crippen LogP contribution in [-0.4, -0.2) is 93.3 Å². The summed E-state index contributed by atoms with van der Waals surface area (Å²) in [5, 5.41) is 38.8. The summed E-state index contributed by atoms with van der Waals surface area (Å²) in [6, 6.07) is 0. The first kappa shape index (κ1) is 15.3. The van der Waals surface area contributed by atoms with Crippen LogP contribution in [0.5, 0.6) is 0 Å². The van der Waals surface area contributed by atoms with Gasteiger partial charge in [-0.05, 0) is 0 Å². The number of aliphatic hydroxyl groups is 4. The Morgan fingerprint density at radius 1 is 1.10 bits per heavy atom. The van der Waals surface area contributed by atoms with Crippen LogP contribution in [0.1, 0.15) is 13.8 Å². The van der Waals surface area contributed by atoms with Crippen molar-refractivity contribution in [3.63, 3.8) is 0 Å². The Bertz CT molecular complexity index is 417. The van der Waals surface area contributed by atoms with Gasteiger partial charge in [0.2, 0.25) is 0 Å². The number of hydrogen-bond donors (Lipinski definition) is 4. The van der Waals surface area contributed by atoms with Crippen LogP contribution in [-0.2, 0) is 4.79 Å². The predicted molar refractivity (Wildman–Crippen MR) is 73.3 cm³/mol. The van der Waals surface area contributed by atoms with Crippen molar-refractivity contribution >= 4 is 5.78 Å². The van der Waals surface area contributed by atoms with E-state index in [1.165, 1.54) is 0 Å². The molecule has 0 aromatic heterocycles. The van der Waals surface area contributed by atoms with E-state index in [0.29, 0.717) is 26.2 Å². The summed E-state index contributed by atoms with van der Waals surface area (Å²) in [5.41, 5.74) is -0.857. The summed E-state index contributed by atoms with van der Waals surface area (Å²) < 4.78 is 0. The first-order chi connectivity index (χ1) is 9.72. The fraction of sp³-hybridized carbons (Fsp3) is 0.929. The van der Waals surface area contributed by atoms with Crippen LogP contribution in [0.2, 0.25) is 0 Å². The molecule has 0 radical (unpaired) electrons. The number of carbonyl (C=O) groups excluding carboxylic acids is 1. The first-order valence-corrected chi connectivity index (χ1v) is 7.40. The molecular weight excluding hydrogens is 276 g/mol. The predicted octanol–water partition coefficient (Wildman–Crippen LogP) is -2.39. The van der Waals surface area contributed by atoms with Gasteiger partial charge in [0, 0.05) is 26.2 Å². The molecule has 120 valence electrons. The van der Waals surface area contributed by atoms with E-state index in [2.05, 4.69) is 0 Å². The molecule has 0 unspecified atom stereocenters. The zero-order chi connectivity index (χ0) is 15.6. The monoisotopic (exact) mass is 300 g/mol. The fourth-order valence-electron chi connectivity index (χ4n) is 4.57. The van der Waals surface area contributed by atoms with Gasteiger partial charge >= 0.3 is 0 Å². The first-order valence-electron chi connectivity index (χ1n) is 7.40. The Labute approximate surface area is 123 Å². The third kappa shape index (κ3) is 2.07. The molecule has 4 bridgehead atoms. The van der Waals surface area contributed by atoms with Crippen molar-refractivity contribution in [2.24, 2.45) is 10.8 Å². The average Bonchev–Trinajstić information content (AvgIpc) is 2.41. The largest absolute Gasteiger partial charge is 0.394 e. The maximum Gasteiger partial charge on any atom is 0.149 e. The van der Waals surface area contributed by atoms with Gasteiger partial charge in [-0.1, -0.05) is 13.8 Å². The van der Waals surface area contributed by atoms with Gasteiger partial charge < -0.3 is 20.4 Å². The second kappa shape index (κ2) is 4.71. The molecule has 7 heteroatoms. The maximum absolute atomic E-state index is 12.5. The Hall–Kier alpha value is -0.570. The lowest BCUT2D eigenvalue weighted by molar-refractivity contribution is -0.225. The molecule has 21 heavy (non-hydrogen) atoms. The molecule has 0 aromatic carbocycles. The molecule has 4 fully saturated rings. The number of nitrogens with zero attached hydrogens (tertiary/aromatic N) is 2. The Kier molecular flexibility index (Phi) is 3.44. The third-order valence-electron chi connectivity index (χ3n) is 5.29. The van der Waals surface area contributed by atoms with E-state index in [0.717, 1.165) is 0 Å². The molecule has 7 nitrogen and oxygen atoms in total. The van der Waals surface area contributed by atoms with E-state index in [1.807, 2.05) is 23.6 Å². The lowest BCUT2D eigenvalue weighted by atomic mass is 9.61. The number of ketones is 1. The van der Waals surface area contributed by atoms with Crippen molar-refractivity contribution < 1.29 is 25.2 Å². The highest BCUT2D eigenvalue weighted by Gasteiger charge is 2.63. The van der Waals surface area contributed by atoms with Crippen LogP contribution in [0.3, 0.4) is 0 Å². The smallest absolute Gasteiger partial charge is 0.149 e. The Balaban J connectivity index is 1.84. The molecule has 3 atom stereocenters. The molecule has 0 saturated carbocycles. The summed E-state index contributed by atoms with van der Waals surface area (Å²) in [6.07, 6.45) is -4.38. The van der Waals surface area contributed by atoms with Crippen molar-refractivity contribution in [3.8, 4) is 0 Å². The van der Waals surface area contributed by atoms with Crippen LogP contribution < -0.4 is 0 Å². The third-order valence-corrected chi connectivity index (χ3v) is 5.29. The number of rotatable bonds is 4. The minimum absolute atomic E-state index is 0.284. The van der Waals surface area contributed by atoms with Crippen molar-refractivity contribution in [1.29, 1.82) is 0 Å². The van der Waals surface area contributed by atoms with Crippen molar-refractivity contribution in [1.82, 2.24) is 9.80 Å². The summed E-state index contributed by atoms with van der Waals surface area (Å²) in [5.74, 6) is 0.284. The zero-order valence-electron chi connectivity index (χ0n) is 12.4. The van der Waals surface area contributed by atoms with Gasteiger partial charge in [0.25, 0.3) is 0 Å². The molecule has 4 aliphatic heterocycles. The van der Waals surface area contributed by atoms with E-state index < -0.39 is 41.9 Å². The molecule has 0 spiro atoms. The normalized spacial score (nSPS) is 49.2. The summed E-state index contributed by atoms with van der Waals surface area (Å²) >= 11 is 0. The molecule has 4 aliphatic rings. The lowest BCUT2D eigenvalue weighted by Crippen LogP contribution is -2.80. The zero-order valence-corrected chi connectivity index (χ0v) is 12.4. The van der Waals surface area contributed by atoms with E-state index in [4.69, 9.17) is 5.11 Å². The van der Waals surface area contributed by atoms with Gasteiger partial charge in [-0.3, -0.25) is 14.6 Å². The SMILES string of the molecule is CC12CN3CC(C)(CN(C1)C3[C@@H](O)[C@H](O)[C@H](O)CO)C2=O. The van der Waals surface area contributed by atoms with E-state index in [1.54, 1.807) is 0 Å². The van der Waals surface area contributed by atoms with Gasteiger partial charge in [0.05, 0.1) is 23.6 Å². The second-order valence-electron chi connectivity index (χ2n) is 7.41. The quantitative estimate of drug-likeness (QED) is 0.459. The molecule has 0 aliphatic carbocycles. The van der Waals surface area contributed by atoms with Gasteiger partial charge in [-0.25, -0.2) is 0 Å². The molecule has 0 amide bonds. The minimum Gasteiger partial charge on any atom is -0.394 e. The van der Waals surface area contributed by atoms with E-state index >= 15 is 0 Å². The minimum atomic E-state index is -1.41. The van der Waals surface area contributed by atoms with Crippen LogP contribution in [0.15, 0.2) is 0 Å². The number of hydrogen-bond acceptors (Lipinski definition) is 7. The molecule has 4 heterocycles. The standard InChI is InChI=1S/C14H24N2O5/c1-13-4-15-6-14(2,12(13)21)7-16(5-13)11(15)10(20)9(19)8(18)3-17/h8-11,17-20H,3-7H2,1-2H3/t8-,9-,10+,11?,13?,14?/m1/s1. The molecule has 4 N–H and O–H groups in total. The Morgan fingerprint density at radius 3 is 1.90 bits per heavy atom. The molecular formula is C14H24N2O5. The highest BCUT2D eigenvalue weighted by Crippen LogP contribution is 2.48. The molecule has 4 saturated heterocycles. The van der Waals surface area contributed by atoms with Crippen LogP contribution in [0, 0.1) is 10.8 Å². The van der Waals surface area contributed by atoms with Gasteiger partial charge in [-0.15, -0.1) is 0 Å². The van der Waals surface area contributed by atoms with Gasteiger partial charge in [0.1, 0.15) is 24.1 Å². The number of carbonyl (C=O) groups is 1. The van der Waals surface area contributed by atoms with Crippen LogP contribution in [0.4, 0.5) is 0 Å². The van der Waals surface area contributed by atoms with Gasteiger partial charge in [-0.2, -0.15) is 0 Å². The summed E-state index contributed by atoms with van der Waals surface area (Å²) in [6.45, 7) is 5.53.